The molecule has 3 N–H and O–H groups in total. The standard InChI is InChI=1S/C18H37N5O2.HI/c1-18(2,3)25-17(24)22-12-11-20-16(19-4)21-13-14-23(5)15-9-7-6-8-10-15;/h15H,6-14H2,1-5H3,(H,22,24)(H2,19,20,21);1H. The van der Waals surface area contributed by atoms with Gasteiger partial charge in [0.05, 0.1) is 0 Å². The average molecular weight is 483 g/mol. The van der Waals surface area contributed by atoms with E-state index in [1.54, 1.807) is 7.05 Å². The van der Waals surface area contributed by atoms with Crippen LogP contribution in [-0.2, 0) is 4.74 Å². The number of carbonyl (C=O) groups excluding carboxylic acids is 1. The molecule has 0 aliphatic heterocycles. The number of halogens is 1. The van der Waals surface area contributed by atoms with E-state index in [1.165, 1.54) is 32.1 Å². The predicted octanol–water partition coefficient (Wildman–Crippen LogP) is 2.56. The summed E-state index contributed by atoms with van der Waals surface area (Å²) in [7, 11) is 3.96. The molecule has 1 amide bonds. The highest BCUT2D eigenvalue weighted by molar-refractivity contribution is 14.0. The van der Waals surface area contributed by atoms with Crippen LogP contribution < -0.4 is 16.0 Å². The molecule has 1 aliphatic rings. The molecule has 26 heavy (non-hydrogen) atoms. The molecule has 0 unspecified atom stereocenters. The summed E-state index contributed by atoms with van der Waals surface area (Å²) in [4.78, 5) is 18.2. The first-order valence-electron chi connectivity index (χ1n) is 9.43. The maximum atomic E-state index is 11.6. The fourth-order valence-corrected chi connectivity index (χ4v) is 2.94. The molecular weight excluding hydrogens is 445 g/mol. The summed E-state index contributed by atoms with van der Waals surface area (Å²) in [5.41, 5.74) is -0.473. The van der Waals surface area contributed by atoms with Gasteiger partial charge in [-0.15, -0.1) is 24.0 Å². The van der Waals surface area contributed by atoms with E-state index in [1.807, 2.05) is 20.8 Å². The van der Waals surface area contributed by atoms with Gasteiger partial charge in [0.15, 0.2) is 5.96 Å². The predicted molar refractivity (Wildman–Crippen MR) is 119 cm³/mol. The molecule has 0 aromatic rings. The zero-order chi connectivity index (χ0) is 18.7. The Morgan fingerprint density at radius 2 is 1.65 bits per heavy atom. The lowest BCUT2D eigenvalue weighted by Crippen LogP contribution is -2.45. The van der Waals surface area contributed by atoms with E-state index in [0.717, 1.165) is 25.1 Å². The Balaban J connectivity index is 0.00000625. The van der Waals surface area contributed by atoms with Crippen molar-refractivity contribution in [3.05, 3.63) is 0 Å². The van der Waals surface area contributed by atoms with Gasteiger partial charge in [-0.3, -0.25) is 4.99 Å². The van der Waals surface area contributed by atoms with Crippen molar-refractivity contribution in [3.8, 4) is 0 Å². The Kier molecular flexibility index (Phi) is 13.0. The summed E-state index contributed by atoms with van der Waals surface area (Å²) in [6.45, 7) is 8.48. The van der Waals surface area contributed by atoms with E-state index in [9.17, 15) is 4.79 Å². The van der Waals surface area contributed by atoms with Gasteiger partial charge in [0.1, 0.15) is 5.60 Å². The van der Waals surface area contributed by atoms with Gasteiger partial charge in [0, 0.05) is 39.3 Å². The average Bonchev–Trinajstić information content (AvgIpc) is 2.56. The van der Waals surface area contributed by atoms with Crippen molar-refractivity contribution in [2.45, 2.75) is 64.5 Å². The minimum Gasteiger partial charge on any atom is -0.444 e. The number of hydrogen-bond acceptors (Lipinski definition) is 4. The van der Waals surface area contributed by atoms with Crippen LogP contribution in [0.3, 0.4) is 0 Å². The molecule has 1 fully saturated rings. The molecule has 154 valence electrons. The van der Waals surface area contributed by atoms with Crippen molar-refractivity contribution in [1.82, 2.24) is 20.9 Å². The molecule has 0 aromatic carbocycles. The highest BCUT2D eigenvalue weighted by Crippen LogP contribution is 2.21. The first-order valence-corrected chi connectivity index (χ1v) is 9.43. The number of amides is 1. The van der Waals surface area contributed by atoms with Crippen molar-refractivity contribution in [1.29, 1.82) is 0 Å². The molecule has 0 radical (unpaired) electrons. The van der Waals surface area contributed by atoms with E-state index >= 15 is 0 Å². The highest BCUT2D eigenvalue weighted by atomic mass is 127. The SMILES string of the molecule is CN=C(NCCNC(=O)OC(C)(C)C)NCCN(C)C1CCCCC1.I. The lowest BCUT2D eigenvalue weighted by Gasteiger charge is -2.31. The van der Waals surface area contributed by atoms with Gasteiger partial charge >= 0.3 is 6.09 Å². The number of nitrogens with one attached hydrogen (secondary N) is 3. The normalized spacial score (nSPS) is 16.0. The lowest BCUT2D eigenvalue weighted by molar-refractivity contribution is 0.0529. The minimum absolute atomic E-state index is 0. The highest BCUT2D eigenvalue weighted by Gasteiger charge is 2.17. The molecule has 1 aliphatic carbocycles. The molecule has 0 bridgehead atoms. The number of ether oxygens (including phenoxy) is 1. The van der Waals surface area contributed by atoms with Crippen LogP contribution in [0.1, 0.15) is 52.9 Å². The minimum atomic E-state index is -0.473. The maximum Gasteiger partial charge on any atom is 0.407 e. The maximum absolute atomic E-state index is 11.6. The fraction of sp³-hybridized carbons (Fsp3) is 0.889. The van der Waals surface area contributed by atoms with Gasteiger partial charge in [-0.2, -0.15) is 0 Å². The molecule has 1 rings (SSSR count). The summed E-state index contributed by atoms with van der Waals surface area (Å²) >= 11 is 0. The Hall–Kier alpha value is -0.770. The van der Waals surface area contributed by atoms with Crippen molar-refractivity contribution in [2.24, 2.45) is 4.99 Å². The van der Waals surface area contributed by atoms with Gasteiger partial charge in [0.2, 0.25) is 0 Å². The fourth-order valence-electron chi connectivity index (χ4n) is 2.94. The number of hydrogen-bond donors (Lipinski definition) is 3. The smallest absolute Gasteiger partial charge is 0.407 e. The van der Waals surface area contributed by atoms with Gasteiger partial charge in [0.25, 0.3) is 0 Å². The summed E-state index contributed by atoms with van der Waals surface area (Å²) in [6.07, 6.45) is 6.34. The Morgan fingerprint density at radius 3 is 2.23 bits per heavy atom. The first-order chi connectivity index (χ1) is 11.8. The summed E-state index contributed by atoms with van der Waals surface area (Å²) in [5, 5.41) is 9.23. The van der Waals surface area contributed by atoms with Gasteiger partial charge < -0.3 is 25.6 Å². The van der Waals surface area contributed by atoms with Crippen LogP contribution in [0.25, 0.3) is 0 Å². The van der Waals surface area contributed by atoms with E-state index in [-0.39, 0.29) is 24.0 Å². The second kappa shape index (κ2) is 13.4. The van der Waals surface area contributed by atoms with Crippen LogP contribution in [0.5, 0.6) is 0 Å². The van der Waals surface area contributed by atoms with E-state index < -0.39 is 11.7 Å². The summed E-state index contributed by atoms with van der Waals surface area (Å²) in [6, 6.07) is 0.726. The molecule has 8 heteroatoms. The van der Waals surface area contributed by atoms with Crippen LogP contribution in [-0.4, -0.2) is 68.9 Å². The van der Waals surface area contributed by atoms with Crippen LogP contribution in [0.2, 0.25) is 0 Å². The number of rotatable bonds is 7. The van der Waals surface area contributed by atoms with Gasteiger partial charge in [-0.05, 0) is 40.7 Å². The zero-order valence-corrected chi connectivity index (χ0v) is 19.4. The van der Waals surface area contributed by atoms with Gasteiger partial charge in [-0.25, -0.2) is 4.79 Å². The third-order valence-electron chi connectivity index (χ3n) is 4.26. The zero-order valence-electron chi connectivity index (χ0n) is 17.1. The van der Waals surface area contributed by atoms with E-state index in [4.69, 9.17) is 4.74 Å². The number of alkyl carbamates (subject to hydrolysis) is 1. The molecule has 0 aromatic heterocycles. The molecule has 0 heterocycles. The van der Waals surface area contributed by atoms with Crippen molar-refractivity contribution >= 4 is 36.0 Å². The van der Waals surface area contributed by atoms with Crippen LogP contribution >= 0.6 is 24.0 Å². The Bertz CT molecular complexity index is 420. The largest absolute Gasteiger partial charge is 0.444 e. The quantitative estimate of drug-likeness (QED) is 0.225. The lowest BCUT2D eigenvalue weighted by atomic mass is 9.94. The second-order valence-electron chi connectivity index (χ2n) is 7.63. The Labute approximate surface area is 176 Å². The summed E-state index contributed by atoms with van der Waals surface area (Å²) < 4.78 is 5.19. The first kappa shape index (κ1) is 25.2. The number of carbonyl (C=O) groups is 1. The number of likely N-dealkylation sites (N-methyl/N-ethyl adjacent to an activating group) is 1. The molecule has 0 spiro atoms. The number of nitrogens with zero attached hydrogens (tertiary/aromatic N) is 2. The second-order valence-corrected chi connectivity index (χ2v) is 7.63. The molecule has 0 saturated heterocycles. The van der Waals surface area contributed by atoms with E-state index in [2.05, 4.69) is 32.9 Å². The van der Waals surface area contributed by atoms with Crippen molar-refractivity contribution < 1.29 is 9.53 Å². The van der Waals surface area contributed by atoms with Crippen molar-refractivity contribution in [2.75, 3.05) is 40.3 Å². The third-order valence-corrected chi connectivity index (χ3v) is 4.26. The van der Waals surface area contributed by atoms with Crippen LogP contribution in [0, 0.1) is 0 Å². The van der Waals surface area contributed by atoms with Gasteiger partial charge in [-0.1, -0.05) is 19.3 Å². The van der Waals surface area contributed by atoms with Crippen LogP contribution in [0.15, 0.2) is 4.99 Å². The topological polar surface area (TPSA) is 78.0 Å². The number of guanidine groups is 1. The summed E-state index contributed by atoms with van der Waals surface area (Å²) in [5.74, 6) is 0.753. The third kappa shape index (κ3) is 11.8. The monoisotopic (exact) mass is 483 g/mol. The molecule has 7 nitrogen and oxygen atoms in total. The van der Waals surface area contributed by atoms with E-state index in [0.29, 0.717) is 13.1 Å². The molecule has 0 atom stereocenters. The number of aliphatic imine (C=N–C) groups is 1. The van der Waals surface area contributed by atoms with Crippen LogP contribution in [0.4, 0.5) is 4.79 Å². The molecule has 1 saturated carbocycles. The molecular formula is C18H38IN5O2. The van der Waals surface area contributed by atoms with Crippen molar-refractivity contribution in [3.63, 3.8) is 0 Å². The Morgan fingerprint density at radius 1 is 1.08 bits per heavy atom.